The number of ether oxygens (including phenoxy) is 1. The number of carbonyl (C=O) groups is 3. The second-order valence-electron chi connectivity index (χ2n) is 17.7. The Morgan fingerprint density at radius 1 is 1.10 bits per heavy atom. The third kappa shape index (κ3) is 9.12. The van der Waals surface area contributed by atoms with E-state index in [-0.39, 0.29) is 38.1 Å². The summed E-state index contributed by atoms with van der Waals surface area (Å²) >= 11 is 1.54. The molecule has 1 aliphatic carbocycles. The number of aryl methyl sites for hydroxylation is 1. The lowest BCUT2D eigenvalue weighted by Gasteiger charge is -2.35. The van der Waals surface area contributed by atoms with Crippen LogP contribution in [0.2, 0.25) is 0 Å². The number of para-hydroxylation sites is 1. The Labute approximate surface area is 357 Å². The third-order valence-electron chi connectivity index (χ3n) is 12.2. The van der Waals surface area contributed by atoms with Crippen molar-refractivity contribution in [3.8, 4) is 33.2 Å². The van der Waals surface area contributed by atoms with Gasteiger partial charge in [-0.3, -0.25) is 19.3 Å². The average Bonchev–Trinajstić information content (AvgIpc) is 3.52. The highest BCUT2D eigenvalue weighted by Gasteiger charge is 2.53. The zero-order chi connectivity index (χ0) is 43.1. The Hall–Kier alpha value is -5.45. The smallest absolute Gasteiger partial charge is 0.258 e. The molecule has 2 aliphatic heterocycles. The highest BCUT2D eigenvalue weighted by molar-refractivity contribution is 7.13. The van der Waals surface area contributed by atoms with Crippen LogP contribution >= 0.6 is 11.3 Å². The standard InChI is InChI=1S/C45H53FN8O6S/c1-26-38(61-25-49-26)28-9-10-29(22-48-41(57)35-20-30(55)24-54(35)42(58)39(44(2,3)4)50-43(59)45(46)13-14-45)37(19-28)60-18-17-53-15-11-27(12-16-53)33-23-47-40-32(33)21-34(51-52-40)31-7-5-6-8-36(31)56/h5-10,19,21,23,25,27,30,35,39,55-56H,11-18,20,22,24H2,1-4H3,(H,47,52)(H,48,57)(H,50,59)/t30-,35+,39?/m1/s1. The zero-order valence-corrected chi connectivity index (χ0v) is 35.7. The minimum atomic E-state index is -1.97. The van der Waals surface area contributed by atoms with Gasteiger partial charge < -0.3 is 35.5 Å². The maximum absolute atomic E-state index is 14.6. The number of aromatic amines is 1. The Morgan fingerprint density at radius 3 is 2.57 bits per heavy atom. The molecule has 5 heterocycles. The molecule has 3 fully saturated rings. The van der Waals surface area contributed by atoms with E-state index in [4.69, 9.17) is 4.74 Å². The predicted molar refractivity (Wildman–Crippen MR) is 230 cm³/mol. The van der Waals surface area contributed by atoms with Crippen LogP contribution in [0.4, 0.5) is 4.39 Å². The number of aromatic hydroxyl groups is 1. The lowest BCUT2D eigenvalue weighted by atomic mass is 9.85. The van der Waals surface area contributed by atoms with Crippen molar-refractivity contribution < 1.29 is 33.7 Å². The van der Waals surface area contributed by atoms with Crippen LogP contribution < -0.4 is 15.4 Å². The summed E-state index contributed by atoms with van der Waals surface area (Å²) in [7, 11) is 0. The molecular formula is C45H53FN8O6S. The summed E-state index contributed by atoms with van der Waals surface area (Å²) < 4.78 is 21.1. The number of H-pyrrole nitrogens is 1. The number of nitrogens with zero attached hydrogens (tertiary/aromatic N) is 5. The van der Waals surface area contributed by atoms with Gasteiger partial charge >= 0.3 is 0 Å². The first-order valence-electron chi connectivity index (χ1n) is 21.0. The van der Waals surface area contributed by atoms with Gasteiger partial charge in [0.1, 0.15) is 30.2 Å². The number of fused-ring (bicyclic) bond motifs is 1. The van der Waals surface area contributed by atoms with Crippen LogP contribution in [-0.4, -0.2) is 115 Å². The molecule has 14 nitrogen and oxygen atoms in total. The first-order valence-corrected chi connectivity index (χ1v) is 21.8. The normalized spacial score (nSPS) is 19.8. The number of carbonyl (C=O) groups excluding carboxylic acids is 3. The Balaban J connectivity index is 0.910. The predicted octanol–water partition coefficient (Wildman–Crippen LogP) is 5.63. The number of halogens is 1. The molecular weight excluding hydrogens is 800 g/mol. The number of aliphatic hydroxyl groups excluding tert-OH is 1. The van der Waals surface area contributed by atoms with Gasteiger partial charge in [0, 0.05) is 48.8 Å². The first-order chi connectivity index (χ1) is 29.2. The number of amides is 3. The fourth-order valence-electron chi connectivity index (χ4n) is 8.43. The SMILES string of the molecule is Cc1ncsc1-c1ccc(CNC(=O)[C@@H]2C[C@@H](O)CN2C(=O)C(NC(=O)C2(F)CC2)C(C)(C)C)c(OCCN2CCC(c3c[nH]c4nnc(-c5ccccc5O)cc34)CC2)c1. The van der Waals surface area contributed by atoms with Gasteiger partial charge in [0.25, 0.3) is 5.91 Å². The number of hydrogen-bond donors (Lipinski definition) is 5. The quantitative estimate of drug-likeness (QED) is 0.0995. The Bertz CT molecular complexity index is 2420. The number of alkyl halides is 1. The van der Waals surface area contributed by atoms with Gasteiger partial charge in [-0.1, -0.05) is 45.0 Å². The van der Waals surface area contributed by atoms with Gasteiger partial charge in [-0.25, -0.2) is 9.37 Å². The molecule has 5 aromatic rings. The number of thiazole rings is 1. The number of hydrogen-bond acceptors (Lipinski definition) is 11. The second-order valence-corrected chi connectivity index (χ2v) is 18.5. The molecule has 0 bridgehead atoms. The largest absolute Gasteiger partial charge is 0.507 e. The molecule has 1 saturated carbocycles. The van der Waals surface area contributed by atoms with Crippen molar-refractivity contribution in [2.45, 2.75) is 96.1 Å². The van der Waals surface area contributed by atoms with Gasteiger partial charge in [-0.15, -0.1) is 21.5 Å². The number of nitrogens with one attached hydrogen (secondary N) is 3. The molecule has 1 unspecified atom stereocenters. The number of benzene rings is 2. The van der Waals surface area contributed by atoms with E-state index in [1.54, 1.807) is 49.8 Å². The summed E-state index contributed by atoms with van der Waals surface area (Å²) in [5.41, 5.74) is 4.86. The van der Waals surface area contributed by atoms with Gasteiger partial charge in [0.2, 0.25) is 11.8 Å². The highest BCUT2D eigenvalue weighted by atomic mass is 32.1. The Kier molecular flexibility index (Phi) is 11.9. The number of rotatable bonds is 13. The molecule has 3 atom stereocenters. The van der Waals surface area contributed by atoms with E-state index in [1.807, 2.05) is 49.5 Å². The summed E-state index contributed by atoms with van der Waals surface area (Å²) in [6, 6.07) is 12.9. The molecule has 3 aliphatic rings. The van der Waals surface area contributed by atoms with Crippen molar-refractivity contribution in [2.75, 3.05) is 32.8 Å². The molecule has 0 spiro atoms. The van der Waals surface area contributed by atoms with Crippen molar-refractivity contribution in [3.05, 3.63) is 77.1 Å². The van der Waals surface area contributed by atoms with Crippen LogP contribution in [0.3, 0.4) is 0 Å². The number of piperidine rings is 1. The van der Waals surface area contributed by atoms with Crippen molar-refractivity contribution in [1.82, 2.24) is 40.6 Å². The number of β-amino-alcohol motifs (C(OH)–C–C–N with tert-alkyl or cyclic N) is 1. The number of phenolic OH excluding ortho intramolecular Hbond substituents is 1. The summed E-state index contributed by atoms with van der Waals surface area (Å²) in [5.74, 6) is -0.683. The van der Waals surface area contributed by atoms with E-state index in [1.165, 1.54) is 10.5 Å². The maximum Gasteiger partial charge on any atom is 0.258 e. The molecule has 2 saturated heterocycles. The molecule has 5 N–H and O–H groups in total. The van der Waals surface area contributed by atoms with Gasteiger partial charge in [-0.05, 0) is 92.4 Å². The van der Waals surface area contributed by atoms with E-state index < -0.39 is 47.0 Å². The molecule has 61 heavy (non-hydrogen) atoms. The second kappa shape index (κ2) is 17.1. The van der Waals surface area contributed by atoms with Crippen LogP contribution in [0.25, 0.3) is 32.7 Å². The monoisotopic (exact) mass is 852 g/mol. The highest BCUT2D eigenvalue weighted by Crippen LogP contribution is 2.41. The van der Waals surface area contributed by atoms with Gasteiger partial charge in [0.05, 0.1) is 27.9 Å². The molecule has 0 radical (unpaired) electrons. The average molecular weight is 853 g/mol. The number of aliphatic hydroxyl groups is 1. The molecule has 3 aromatic heterocycles. The molecule has 2 aromatic carbocycles. The van der Waals surface area contributed by atoms with E-state index >= 15 is 0 Å². The fraction of sp³-hybridized carbons (Fsp3) is 0.467. The lowest BCUT2D eigenvalue weighted by Crippen LogP contribution is -2.59. The maximum atomic E-state index is 14.6. The minimum Gasteiger partial charge on any atom is -0.507 e. The van der Waals surface area contributed by atoms with Crippen LogP contribution in [0.1, 0.15) is 75.6 Å². The summed E-state index contributed by atoms with van der Waals surface area (Å²) in [6.45, 7) is 10.2. The van der Waals surface area contributed by atoms with Gasteiger partial charge in [0.15, 0.2) is 11.3 Å². The number of phenols is 1. The third-order valence-corrected chi connectivity index (χ3v) is 13.2. The Morgan fingerprint density at radius 2 is 1.87 bits per heavy atom. The van der Waals surface area contributed by atoms with Crippen LogP contribution in [0.5, 0.6) is 11.5 Å². The zero-order valence-electron chi connectivity index (χ0n) is 34.9. The number of aromatic nitrogens is 4. The number of likely N-dealkylation sites (tertiary alicyclic amines) is 2. The van der Waals surface area contributed by atoms with Crippen molar-refractivity contribution >= 4 is 40.1 Å². The topological polar surface area (TPSA) is 186 Å². The minimum absolute atomic E-state index is 0.0345. The fourth-order valence-corrected chi connectivity index (χ4v) is 9.23. The molecule has 16 heteroatoms. The van der Waals surface area contributed by atoms with E-state index in [0.717, 1.165) is 58.7 Å². The summed E-state index contributed by atoms with van der Waals surface area (Å²) in [6.07, 6.45) is 3.26. The van der Waals surface area contributed by atoms with Crippen LogP contribution in [0.15, 0.2) is 60.2 Å². The van der Waals surface area contributed by atoms with Crippen LogP contribution in [-0.2, 0) is 20.9 Å². The molecule has 322 valence electrons. The van der Waals surface area contributed by atoms with Crippen molar-refractivity contribution in [2.24, 2.45) is 5.41 Å². The molecule has 8 rings (SSSR count). The first kappa shape index (κ1) is 42.2. The van der Waals surface area contributed by atoms with E-state index in [0.29, 0.717) is 36.1 Å². The van der Waals surface area contributed by atoms with E-state index in [2.05, 4.69) is 35.7 Å². The van der Waals surface area contributed by atoms with Crippen LogP contribution in [0, 0.1) is 12.3 Å². The lowest BCUT2D eigenvalue weighted by molar-refractivity contribution is -0.145. The molecule has 3 amide bonds. The van der Waals surface area contributed by atoms with Crippen molar-refractivity contribution in [3.63, 3.8) is 0 Å². The summed E-state index contributed by atoms with van der Waals surface area (Å²) in [4.78, 5) is 52.9. The van der Waals surface area contributed by atoms with Gasteiger partial charge in [-0.2, -0.15) is 0 Å². The summed E-state index contributed by atoms with van der Waals surface area (Å²) in [5, 5.41) is 36.4. The van der Waals surface area contributed by atoms with E-state index in [9.17, 15) is 29.0 Å². The van der Waals surface area contributed by atoms with Crippen molar-refractivity contribution in [1.29, 1.82) is 0 Å².